The summed E-state index contributed by atoms with van der Waals surface area (Å²) in [6.07, 6.45) is 0.906. The summed E-state index contributed by atoms with van der Waals surface area (Å²) in [5.41, 5.74) is 1.58. The predicted molar refractivity (Wildman–Crippen MR) is 102 cm³/mol. The van der Waals surface area contributed by atoms with Crippen molar-refractivity contribution in [3.05, 3.63) is 71.8 Å². The molecule has 0 bridgehead atoms. The summed E-state index contributed by atoms with van der Waals surface area (Å²) in [5, 5.41) is 5.59. The Morgan fingerprint density at radius 3 is 2.26 bits per heavy atom. The van der Waals surface area contributed by atoms with E-state index in [4.69, 9.17) is 0 Å². The normalized spacial score (nSPS) is 16.2. The van der Waals surface area contributed by atoms with E-state index in [9.17, 15) is 14.4 Å². The van der Waals surface area contributed by atoms with E-state index < -0.39 is 6.04 Å². The van der Waals surface area contributed by atoms with Crippen LogP contribution < -0.4 is 10.6 Å². The largest absolute Gasteiger partial charge is 0.353 e. The Morgan fingerprint density at radius 2 is 1.56 bits per heavy atom. The molecule has 27 heavy (non-hydrogen) atoms. The molecule has 1 fully saturated rings. The van der Waals surface area contributed by atoms with Crippen LogP contribution in [0.15, 0.2) is 60.7 Å². The molecule has 140 valence electrons. The van der Waals surface area contributed by atoms with E-state index in [1.165, 1.54) is 0 Å². The molecule has 1 saturated heterocycles. The number of likely N-dealkylation sites (tertiary alicyclic amines) is 1. The number of nitrogens with zero attached hydrogens (tertiary/aromatic N) is 1. The molecule has 6 nitrogen and oxygen atoms in total. The topological polar surface area (TPSA) is 78.5 Å². The van der Waals surface area contributed by atoms with Crippen LogP contribution in [0.2, 0.25) is 0 Å². The first-order valence-corrected chi connectivity index (χ1v) is 9.09. The molecule has 3 rings (SSSR count). The van der Waals surface area contributed by atoms with E-state index in [2.05, 4.69) is 10.6 Å². The second kappa shape index (κ2) is 8.98. The van der Waals surface area contributed by atoms with Gasteiger partial charge in [0.2, 0.25) is 11.8 Å². The molecule has 0 radical (unpaired) electrons. The molecule has 0 saturated carbocycles. The third-order valence-corrected chi connectivity index (χ3v) is 4.57. The van der Waals surface area contributed by atoms with Gasteiger partial charge >= 0.3 is 0 Å². The Hall–Kier alpha value is -3.15. The first-order chi connectivity index (χ1) is 13.1. The number of carbonyl (C=O) groups excluding carboxylic acids is 3. The van der Waals surface area contributed by atoms with Gasteiger partial charge in [0, 0.05) is 31.6 Å². The summed E-state index contributed by atoms with van der Waals surface area (Å²) < 4.78 is 0. The van der Waals surface area contributed by atoms with Crippen molar-refractivity contribution >= 4 is 17.7 Å². The van der Waals surface area contributed by atoms with E-state index in [0.717, 1.165) is 5.56 Å². The van der Waals surface area contributed by atoms with Crippen LogP contribution in [0.1, 0.15) is 28.8 Å². The molecule has 0 spiro atoms. The Labute approximate surface area is 158 Å². The average Bonchev–Trinajstić information content (AvgIpc) is 3.07. The molecule has 1 unspecified atom stereocenters. The van der Waals surface area contributed by atoms with Crippen molar-refractivity contribution in [1.29, 1.82) is 0 Å². The van der Waals surface area contributed by atoms with Crippen LogP contribution in [0.3, 0.4) is 0 Å². The third kappa shape index (κ3) is 4.94. The summed E-state index contributed by atoms with van der Waals surface area (Å²) in [6.45, 7) is 1.09. The van der Waals surface area contributed by atoms with Gasteiger partial charge in [-0.2, -0.15) is 0 Å². The Morgan fingerprint density at radius 1 is 0.926 bits per heavy atom. The van der Waals surface area contributed by atoms with Crippen molar-refractivity contribution in [2.24, 2.45) is 0 Å². The van der Waals surface area contributed by atoms with Crippen LogP contribution in [0.4, 0.5) is 0 Å². The summed E-state index contributed by atoms with van der Waals surface area (Å²) in [6, 6.07) is 18.1. The average molecular weight is 365 g/mol. The van der Waals surface area contributed by atoms with Gasteiger partial charge in [-0.25, -0.2) is 0 Å². The Bertz CT molecular complexity index is 793. The van der Waals surface area contributed by atoms with Gasteiger partial charge in [-0.05, 0) is 24.1 Å². The lowest BCUT2D eigenvalue weighted by Crippen LogP contribution is -2.46. The number of benzene rings is 2. The smallest absolute Gasteiger partial charge is 0.251 e. The summed E-state index contributed by atoms with van der Waals surface area (Å²) >= 11 is 0. The second-order valence-electron chi connectivity index (χ2n) is 6.47. The van der Waals surface area contributed by atoms with Crippen molar-refractivity contribution in [3.63, 3.8) is 0 Å². The van der Waals surface area contributed by atoms with Gasteiger partial charge in [0.1, 0.15) is 6.04 Å². The molecule has 2 aromatic carbocycles. The zero-order valence-corrected chi connectivity index (χ0v) is 15.1. The number of nitrogens with one attached hydrogen (secondary N) is 2. The SMILES string of the molecule is O=C(NCCNC(=O)C1CCC(=O)N1Cc1ccccc1)c1ccccc1. The molecular weight excluding hydrogens is 342 g/mol. The number of amides is 3. The lowest BCUT2D eigenvalue weighted by molar-refractivity contribution is -0.135. The van der Waals surface area contributed by atoms with Crippen LogP contribution in [0.5, 0.6) is 0 Å². The van der Waals surface area contributed by atoms with Gasteiger partial charge in [0.05, 0.1) is 0 Å². The zero-order valence-electron chi connectivity index (χ0n) is 15.1. The molecule has 2 N–H and O–H groups in total. The number of hydrogen-bond acceptors (Lipinski definition) is 3. The van der Waals surface area contributed by atoms with Gasteiger partial charge in [0.25, 0.3) is 5.91 Å². The van der Waals surface area contributed by atoms with E-state index in [1.54, 1.807) is 29.2 Å². The first-order valence-electron chi connectivity index (χ1n) is 9.09. The molecule has 2 aromatic rings. The fourth-order valence-corrected chi connectivity index (χ4v) is 3.16. The second-order valence-corrected chi connectivity index (χ2v) is 6.47. The minimum atomic E-state index is -0.456. The Kier molecular flexibility index (Phi) is 6.20. The summed E-state index contributed by atoms with van der Waals surface area (Å²) in [7, 11) is 0. The highest BCUT2D eigenvalue weighted by molar-refractivity contribution is 5.94. The maximum atomic E-state index is 12.5. The number of carbonyl (C=O) groups is 3. The molecule has 0 aromatic heterocycles. The van der Waals surface area contributed by atoms with Gasteiger partial charge in [-0.1, -0.05) is 48.5 Å². The quantitative estimate of drug-likeness (QED) is 0.734. The summed E-state index contributed by atoms with van der Waals surface area (Å²) in [4.78, 5) is 38.2. The van der Waals surface area contributed by atoms with Gasteiger partial charge in [0.15, 0.2) is 0 Å². The molecule has 1 atom stereocenters. The van der Waals surface area contributed by atoms with Crippen LogP contribution >= 0.6 is 0 Å². The highest BCUT2D eigenvalue weighted by atomic mass is 16.2. The molecule has 1 heterocycles. The molecule has 6 heteroatoms. The highest BCUT2D eigenvalue weighted by Gasteiger charge is 2.35. The Balaban J connectivity index is 1.47. The number of rotatable bonds is 7. The van der Waals surface area contributed by atoms with Crippen molar-refractivity contribution < 1.29 is 14.4 Å². The van der Waals surface area contributed by atoms with Gasteiger partial charge in [-0.15, -0.1) is 0 Å². The third-order valence-electron chi connectivity index (χ3n) is 4.57. The maximum absolute atomic E-state index is 12.5. The van der Waals surface area contributed by atoms with Crippen LogP contribution in [-0.2, 0) is 16.1 Å². The van der Waals surface area contributed by atoms with Gasteiger partial charge < -0.3 is 15.5 Å². The van der Waals surface area contributed by atoms with E-state index in [-0.39, 0.29) is 17.7 Å². The van der Waals surface area contributed by atoms with Crippen molar-refractivity contribution in [2.45, 2.75) is 25.4 Å². The molecule has 1 aliphatic rings. The van der Waals surface area contributed by atoms with Crippen molar-refractivity contribution in [1.82, 2.24) is 15.5 Å². The fraction of sp³-hybridized carbons (Fsp3) is 0.286. The highest BCUT2D eigenvalue weighted by Crippen LogP contribution is 2.21. The number of hydrogen-bond donors (Lipinski definition) is 2. The lowest BCUT2D eigenvalue weighted by atomic mass is 10.1. The van der Waals surface area contributed by atoms with E-state index in [1.807, 2.05) is 36.4 Å². The molecule has 1 aliphatic heterocycles. The standard InChI is InChI=1S/C21H23N3O3/c25-19-12-11-18(24(19)15-16-7-3-1-4-8-16)21(27)23-14-13-22-20(26)17-9-5-2-6-10-17/h1-10,18H,11-15H2,(H,22,26)(H,23,27). The zero-order chi connectivity index (χ0) is 19.1. The molecular formula is C21H23N3O3. The minimum Gasteiger partial charge on any atom is -0.353 e. The van der Waals surface area contributed by atoms with Crippen molar-refractivity contribution in [3.8, 4) is 0 Å². The van der Waals surface area contributed by atoms with Crippen LogP contribution in [-0.4, -0.2) is 41.8 Å². The lowest BCUT2D eigenvalue weighted by Gasteiger charge is -2.24. The van der Waals surface area contributed by atoms with E-state index in [0.29, 0.717) is 38.0 Å². The predicted octanol–water partition coefficient (Wildman–Crippen LogP) is 1.72. The monoisotopic (exact) mass is 365 g/mol. The maximum Gasteiger partial charge on any atom is 0.251 e. The fourth-order valence-electron chi connectivity index (χ4n) is 3.16. The van der Waals surface area contributed by atoms with Crippen LogP contribution in [0, 0.1) is 0 Å². The molecule has 3 amide bonds. The van der Waals surface area contributed by atoms with Crippen molar-refractivity contribution in [2.75, 3.05) is 13.1 Å². The minimum absolute atomic E-state index is 0.00335. The molecule has 0 aliphatic carbocycles. The van der Waals surface area contributed by atoms with Crippen LogP contribution in [0.25, 0.3) is 0 Å². The summed E-state index contributed by atoms with van der Waals surface area (Å²) in [5.74, 6) is -0.353. The van der Waals surface area contributed by atoms with Gasteiger partial charge in [-0.3, -0.25) is 14.4 Å². The first kappa shape index (κ1) is 18.6. The van der Waals surface area contributed by atoms with E-state index >= 15 is 0 Å².